The fourth-order valence-corrected chi connectivity index (χ4v) is 3.44. The molecule has 1 atom stereocenters. The van der Waals surface area contributed by atoms with Gasteiger partial charge in [-0.05, 0) is 36.8 Å². The lowest BCUT2D eigenvalue weighted by Gasteiger charge is -2.22. The molecule has 0 bridgehead atoms. The molecule has 6 heteroatoms. The maximum Gasteiger partial charge on any atom is 0.264 e. The predicted octanol–water partition coefficient (Wildman–Crippen LogP) is 3.45. The molecule has 1 aromatic heterocycles. The Hall–Kier alpha value is -2.05. The third-order valence-corrected chi connectivity index (χ3v) is 4.89. The first-order valence-electron chi connectivity index (χ1n) is 8.26. The number of halogens is 1. The molecule has 2 aromatic rings. The van der Waals surface area contributed by atoms with Gasteiger partial charge in [-0.1, -0.05) is 35.3 Å². The van der Waals surface area contributed by atoms with Gasteiger partial charge in [-0.2, -0.15) is 0 Å². The Morgan fingerprint density at radius 1 is 1.32 bits per heavy atom. The highest BCUT2D eigenvalue weighted by Gasteiger charge is 2.50. The van der Waals surface area contributed by atoms with E-state index in [4.69, 9.17) is 0 Å². The molecule has 1 aliphatic rings. The predicted molar refractivity (Wildman–Crippen MR) is 98.5 cm³/mol. The lowest BCUT2D eigenvalue weighted by molar-refractivity contribution is -0.135. The summed E-state index contributed by atoms with van der Waals surface area (Å²) in [6.45, 7) is 2.56. The van der Waals surface area contributed by atoms with Crippen molar-refractivity contribution in [1.82, 2.24) is 4.98 Å². The molecule has 5 nitrogen and oxygen atoms in total. The molecular formula is C19H19BrN2O3. The minimum absolute atomic E-state index is 0.243. The third-order valence-electron chi connectivity index (χ3n) is 4.40. The van der Waals surface area contributed by atoms with Gasteiger partial charge in [0.25, 0.3) is 5.91 Å². The van der Waals surface area contributed by atoms with Crippen molar-refractivity contribution in [2.24, 2.45) is 0 Å². The van der Waals surface area contributed by atoms with E-state index in [1.165, 1.54) is 6.20 Å². The highest BCUT2D eigenvalue weighted by Crippen LogP contribution is 2.44. The molecule has 0 unspecified atom stereocenters. The number of nitrogens with zero attached hydrogens (tertiary/aromatic N) is 2. The SMILES string of the molecule is CCCCN1C(=O)[C@](O)(CC(=O)c2ccccn2)c2cc(Br)ccc21. The molecule has 0 fully saturated rings. The minimum Gasteiger partial charge on any atom is -0.375 e. The number of hydrogen-bond donors (Lipinski definition) is 1. The number of fused-ring (bicyclic) bond motifs is 1. The highest BCUT2D eigenvalue weighted by molar-refractivity contribution is 9.10. The van der Waals surface area contributed by atoms with Gasteiger partial charge in [-0.3, -0.25) is 14.6 Å². The van der Waals surface area contributed by atoms with Crippen molar-refractivity contribution < 1.29 is 14.7 Å². The lowest BCUT2D eigenvalue weighted by Crippen LogP contribution is -2.42. The van der Waals surface area contributed by atoms with E-state index in [1.807, 2.05) is 13.0 Å². The summed E-state index contributed by atoms with van der Waals surface area (Å²) in [6, 6.07) is 10.4. The number of carbonyl (C=O) groups excluding carboxylic acids is 2. The van der Waals surface area contributed by atoms with E-state index in [0.717, 1.165) is 17.3 Å². The minimum atomic E-state index is -1.86. The van der Waals surface area contributed by atoms with Crippen LogP contribution in [0.2, 0.25) is 0 Å². The Bertz CT molecular complexity index is 810. The number of pyridine rings is 1. The Balaban J connectivity index is 1.98. The summed E-state index contributed by atoms with van der Waals surface area (Å²) < 4.78 is 0.750. The Kier molecular flexibility index (Phi) is 5.01. The van der Waals surface area contributed by atoms with E-state index in [1.54, 1.807) is 35.2 Å². The lowest BCUT2D eigenvalue weighted by atomic mass is 9.89. The van der Waals surface area contributed by atoms with Gasteiger partial charge in [-0.15, -0.1) is 0 Å². The van der Waals surface area contributed by atoms with Gasteiger partial charge in [0, 0.05) is 22.8 Å². The zero-order valence-corrected chi connectivity index (χ0v) is 15.5. The smallest absolute Gasteiger partial charge is 0.264 e. The number of hydrogen-bond acceptors (Lipinski definition) is 4. The van der Waals surface area contributed by atoms with Crippen LogP contribution in [0.3, 0.4) is 0 Å². The van der Waals surface area contributed by atoms with E-state index in [9.17, 15) is 14.7 Å². The number of carbonyl (C=O) groups is 2. The van der Waals surface area contributed by atoms with E-state index in [2.05, 4.69) is 20.9 Å². The Morgan fingerprint density at radius 2 is 2.12 bits per heavy atom. The van der Waals surface area contributed by atoms with Crippen molar-refractivity contribution in [3.05, 3.63) is 58.3 Å². The first kappa shape index (κ1) is 17.8. The van der Waals surface area contributed by atoms with Crippen molar-refractivity contribution >= 4 is 33.3 Å². The van der Waals surface area contributed by atoms with Gasteiger partial charge in [0.2, 0.25) is 0 Å². The normalized spacial score (nSPS) is 19.2. The topological polar surface area (TPSA) is 70.5 Å². The summed E-state index contributed by atoms with van der Waals surface area (Å²) in [5.74, 6) is -0.807. The molecule has 3 rings (SSSR count). The first-order chi connectivity index (χ1) is 12.0. The van der Waals surface area contributed by atoms with E-state index in [0.29, 0.717) is 17.8 Å². The van der Waals surface area contributed by atoms with Crippen molar-refractivity contribution in [3.8, 4) is 0 Å². The number of ketones is 1. The molecule has 1 aliphatic heterocycles. The van der Waals surface area contributed by atoms with Crippen molar-refractivity contribution in [2.75, 3.05) is 11.4 Å². The molecule has 0 saturated heterocycles. The summed E-state index contributed by atoms with van der Waals surface area (Å²) in [7, 11) is 0. The summed E-state index contributed by atoms with van der Waals surface area (Å²) >= 11 is 3.38. The van der Waals surface area contributed by atoms with Crippen LogP contribution in [-0.4, -0.2) is 28.3 Å². The number of Topliss-reactive ketones (excluding diaryl/α,β-unsaturated/α-hetero) is 1. The number of rotatable bonds is 6. The molecule has 1 amide bonds. The highest BCUT2D eigenvalue weighted by atomic mass is 79.9. The molecule has 1 N–H and O–H groups in total. The van der Waals surface area contributed by atoms with Crippen LogP contribution in [0.4, 0.5) is 5.69 Å². The van der Waals surface area contributed by atoms with Crippen LogP contribution < -0.4 is 4.90 Å². The fourth-order valence-electron chi connectivity index (χ4n) is 3.08. The van der Waals surface area contributed by atoms with Crippen LogP contribution in [0.15, 0.2) is 47.1 Å². The largest absolute Gasteiger partial charge is 0.375 e. The first-order valence-corrected chi connectivity index (χ1v) is 9.05. The third kappa shape index (κ3) is 3.24. The maximum atomic E-state index is 13.0. The second kappa shape index (κ2) is 7.06. The molecular weight excluding hydrogens is 384 g/mol. The van der Waals surface area contributed by atoms with Crippen molar-refractivity contribution in [3.63, 3.8) is 0 Å². The number of aliphatic hydroxyl groups is 1. The van der Waals surface area contributed by atoms with Crippen LogP contribution in [0, 0.1) is 0 Å². The van der Waals surface area contributed by atoms with Gasteiger partial charge in [-0.25, -0.2) is 0 Å². The van der Waals surface area contributed by atoms with Gasteiger partial charge in [0.05, 0.1) is 12.1 Å². The average Bonchev–Trinajstić information content (AvgIpc) is 2.81. The molecule has 0 saturated carbocycles. The van der Waals surface area contributed by atoms with Gasteiger partial charge in [0.1, 0.15) is 5.69 Å². The van der Waals surface area contributed by atoms with Gasteiger partial charge in [0.15, 0.2) is 11.4 Å². The Labute approximate surface area is 154 Å². The van der Waals surface area contributed by atoms with E-state index in [-0.39, 0.29) is 17.9 Å². The monoisotopic (exact) mass is 402 g/mol. The van der Waals surface area contributed by atoms with E-state index < -0.39 is 11.5 Å². The molecule has 130 valence electrons. The summed E-state index contributed by atoms with van der Waals surface area (Å²) in [5, 5.41) is 11.2. The van der Waals surface area contributed by atoms with Crippen molar-refractivity contribution in [2.45, 2.75) is 31.8 Å². The second-order valence-electron chi connectivity index (χ2n) is 6.15. The summed E-state index contributed by atoms with van der Waals surface area (Å²) in [6.07, 6.45) is 2.95. The molecule has 0 spiro atoms. The molecule has 1 aromatic carbocycles. The van der Waals surface area contributed by atoms with E-state index >= 15 is 0 Å². The number of aromatic nitrogens is 1. The van der Waals surface area contributed by atoms with Crippen molar-refractivity contribution in [1.29, 1.82) is 0 Å². The summed E-state index contributed by atoms with van der Waals surface area (Å²) in [5.41, 5.74) is -0.487. The quantitative estimate of drug-likeness (QED) is 0.751. The van der Waals surface area contributed by atoms with Crippen LogP contribution in [0.5, 0.6) is 0 Å². The number of unbranched alkanes of at least 4 members (excludes halogenated alkanes) is 1. The van der Waals surface area contributed by atoms with Crippen LogP contribution in [0.25, 0.3) is 0 Å². The molecule has 0 aliphatic carbocycles. The molecule has 25 heavy (non-hydrogen) atoms. The van der Waals surface area contributed by atoms with Gasteiger partial charge < -0.3 is 10.0 Å². The molecule has 0 radical (unpaired) electrons. The van der Waals surface area contributed by atoms with Crippen LogP contribution >= 0.6 is 15.9 Å². The maximum absolute atomic E-state index is 13.0. The number of amides is 1. The Morgan fingerprint density at radius 3 is 2.80 bits per heavy atom. The second-order valence-corrected chi connectivity index (χ2v) is 7.06. The zero-order chi connectivity index (χ0) is 18.0. The van der Waals surface area contributed by atoms with Gasteiger partial charge >= 0.3 is 0 Å². The fraction of sp³-hybridized carbons (Fsp3) is 0.316. The van der Waals surface area contributed by atoms with Crippen LogP contribution in [-0.2, 0) is 10.4 Å². The number of benzene rings is 1. The number of anilines is 1. The molecule has 2 heterocycles. The summed E-state index contributed by atoms with van der Waals surface area (Å²) in [4.78, 5) is 31.1. The average molecular weight is 403 g/mol. The zero-order valence-electron chi connectivity index (χ0n) is 13.9. The van der Waals surface area contributed by atoms with Crippen LogP contribution in [0.1, 0.15) is 42.2 Å². The standard InChI is InChI=1S/C19H19BrN2O3/c1-2-3-10-22-16-8-7-13(20)11-14(16)19(25,18(22)24)12-17(23)15-6-4-5-9-21-15/h4-9,11,25H,2-3,10,12H2,1H3/t19-/m0/s1.